The third-order valence-corrected chi connectivity index (χ3v) is 5.62. The van der Waals surface area contributed by atoms with Gasteiger partial charge in [0.1, 0.15) is 23.6 Å². The number of nitrogens with one attached hydrogen (secondary N) is 3. The number of urea groups is 1. The van der Waals surface area contributed by atoms with Crippen molar-refractivity contribution in [2.75, 3.05) is 16.0 Å². The molecule has 0 saturated heterocycles. The van der Waals surface area contributed by atoms with Crippen molar-refractivity contribution < 1.29 is 32.1 Å². The van der Waals surface area contributed by atoms with Crippen molar-refractivity contribution in [1.29, 1.82) is 0 Å². The third-order valence-electron chi connectivity index (χ3n) is 5.62. The number of carbonyl (C=O) groups is 3. The Kier molecular flexibility index (Phi) is 6.73. The van der Waals surface area contributed by atoms with Crippen molar-refractivity contribution in [3.8, 4) is 0 Å². The SMILES string of the molecule is Cc1ccc(NC(=O)Nc2cc([C@@H](C)CC(=O)c3ncnc4c3CCC(=O)N4)on2)cc1C(F)(F)F. The zero-order chi connectivity index (χ0) is 26.0. The number of Topliss-reactive ketones (excluding diaryl/α,β-unsaturated/α-hetero) is 1. The highest BCUT2D eigenvalue weighted by molar-refractivity contribution is 6.00. The van der Waals surface area contributed by atoms with Gasteiger partial charge in [0.15, 0.2) is 11.6 Å². The topological polar surface area (TPSA) is 139 Å². The highest BCUT2D eigenvalue weighted by Gasteiger charge is 2.32. The summed E-state index contributed by atoms with van der Waals surface area (Å²) in [5, 5.41) is 11.1. The first-order chi connectivity index (χ1) is 17.0. The van der Waals surface area contributed by atoms with Crippen molar-refractivity contribution in [2.24, 2.45) is 0 Å². The van der Waals surface area contributed by atoms with Crippen LogP contribution in [0.5, 0.6) is 0 Å². The van der Waals surface area contributed by atoms with Gasteiger partial charge in [0.2, 0.25) is 5.91 Å². The maximum Gasteiger partial charge on any atom is 0.416 e. The normalized spacial score (nSPS) is 14.0. The van der Waals surface area contributed by atoms with Gasteiger partial charge < -0.3 is 15.2 Å². The minimum absolute atomic E-state index is 0.0157. The van der Waals surface area contributed by atoms with Gasteiger partial charge in [0, 0.05) is 36.1 Å². The molecule has 1 aliphatic heterocycles. The molecule has 4 rings (SSSR count). The molecule has 3 amide bonds. The monoisotopic (exact) mass is 502 g/mol. The molecule has 3 aromatic rings. The lowest BCUT2D eigenvalue weighted by Gasteiger charge is -2.17. The van der Waals surface area contributed by atoms with Gasteiger partial charge >= 0.3 is 12.2 Å². The molecule has 0 radical (unpaired) electrons. The zero-order valence-corrected chi connectivity index (χ0v) is 19.2. The first-order valence-electron chi connectivity index (χ1n) is 10.9. The predicted octanol–water partition coefficient (Wildman–Crippen LogP) is 4.70. The van der Waals surface area contributed by atoms with E-state index in [9.17, 15) is 27.6 Å². The summed E-state index contributed by atoms with van der Waals surface area (Å²) in [6.07, 6.45) is -2.74. The Morgan fingerprint density at radius 2 is 1.94 bits per heavy atom. The van der Waals surface area contributed by atoms with Gasteiger partial charge in [-0.3, -0.25) is 14.9 Å². The number of hydrogen-bond donors (Lipinski definition) is 3. The van der Waals surface area contributed by atoms with E-state index in [0.717, 1.165) is 6.07 Å². The quantitative estimate of drug-likeness (QED) is 0.415. The highest BCUT2D eigenvalue weighted by atomic mass is 19.4. The van der Waals surface area contributed by atoms with E-state index in [4.69, 9.17) is 4.52 Å². The number of aryl methyl sites for hydroxylation is 1. The summed E-state index contributed by atoms with van der Waals surface area (Å²) in [5.41, 5.74) is -0.0613. The van der Waals surface area contributed by atoms with Crippen LogP contribution < -0.4 is 16.0 Å². The molecule has 188 valence electrons. The summed E-state index contributed by atoms with van der Waals surface area (Å²) in [6, 6.07) is 4.06. The van der Waals surface area contributed by atoms with Crippen molar-refractivity contribution >= 4 is 35.0 Å². The molecule has 1 aliphatic rings. The standard InChI is InChI=1S/C23H21F3N6O4/c1-11-3-4-13(8-15(11)23(24,25)26)29-22(35)30-18-9-17(36-32-18)12(2)7-16(33)20-14-5-6-19(34)31-21(14)28-10-27-20/h3-4,8-10,12H,5-7H2,1-2H3,(H,27,28,31,34)(H2,29,30,32,35)/t12-/m0/s1. The number of carbonyl (C=O) groups excluding carboxylic acids is 3. The number of nitrogens with zero attached hydrogens (tertiary/aromatic N) is 3. The maximum absolute atomic E-state index is 13.1. The van der Waals surface area contributed by atoms with Crippen molar-refractivity contribution in [3.05, 3.63) is 58.7 Å². The van der Waals surface area contributed by atoms with Gasteiger partial charge in [-0.15, -0.1) is 0 Å². The number of rotatable bonds is 6. The summed E-state index contributed by atoms with van der Waals surface area (Å²) >= 11 is 0. The lowest BCUT2D eigenvalue weighted by atomic mass is 9.96. The Morgan fingerprint density at radius 3 is 2.69 bits per heavy atom. The molecule has 0 aliphatic carbocycles. The molecule has 0 fully saturated rings. The molecule has 3 N–H and O–H groups in total. The van der Waals surface area contributed by atoms with Crippen LogP contribution >= 0.6 is 0 Å². The number of halogens is 3. The largest absolute Gasteiger partial charge is 0.416 e. The molecule has 0 bridgehead atoms. The van der Waals surface area contributed by atoms with Crippen LogP contribution in [0, 0.1) is 6.92 Å². The number of benzene rings is 1. The smallest absolute Gasteiger partial charge is 0.359 e. The number of aromatic nitrogens is 3. The Balaban J connectivity index is 1.38. The molecule has 3 heterocycles. The lowest BCUT2D eigenvalue weighted by molar-refractivity contribution is -0.138. The molecule has 0 saturated carbocycles. The third kappa shape index (κ3) is 5.50. The van der Waals surface area contributed by atoms with Crippen LogP contribution in [0.15, 0.2) is 35.1 Å². The lowest BCUT2D eigenvalue weighted by Crippen LogP contribution is -2.23. The van der Waals surface area contributed by atoms with E-state index in [-0.39, 0.29) is 47.3 Å². The van der Waals surface area contributed by atoms with Crippen molar-refractivity contribution in [3.63, 3.8) is 0 Å². The Bertz CT molecular complexity index is 1340. The maximum atomic E-state index is 13.1. The van der Waals surface area contributed by atoms with E-state index in [2.05, 4.69) is 31.1 Å². The zero-order valence-electron chi connectivity index (χ0n) is 19.2. The van der Waals surface area contributed by atoms with Gasteiger partial charge in [-0.1, -0.05) is 18.1 Å². The first-order valence-corrected chi connectivity index (χ1v) is 10.9. The summed E-state index contributed by atoms with van der Waals surface area (Å²) < 4.78 is 44.5. The second kappa shape index (κ2) is 9.76. The number of hydrogen-bond acceptors (Lipinski definition) is 7. The number of ketones is 1. The van der Waals surface area contributed by atoms with E-state index >= 15 is 0 Å². The second-order valence-electron chi connectivity index (χ2n) is 8.35. The van der Waals surface area contributed by atoms with E-state index in [1.165, 1.54) is 31.5 Å². The average molecular weight is 502 g/mol. The summed E-state index contributed by atoms with van der Waals surface area (Å²) in [5.74, 6) is -0.233. The molecule has 0 spiro atoms. The van der Waals surface area contributed by atoms with Gasteiger partial charge in [-0.05, 0) is 31.0 Å². The van der Waals surface area contributed by atoms with Crippen LogP contribution in [0.3, 0.4) is 0 Å². The van der Waals surface area contributed by atoms with E-state index < -0.39 is 23.7 Å². The number of fused-ring (bicyclic) bond motifs is 1. The van der Waals surface area contributed by atoms with Gasteiger partial charge in [0.05, 0.1) is 5.56 Å². The number of amides is 3. The van der Waals surface area contributed by atoms with Crippen molar-refractivity contribution in [1.82, 2.24) is 15.1 Å². The summed E-state index contributed by atoms with van der Waals surface area (Å²) in [6.45, 7) is 3.05. The molecule has 10 nitrogen and oxygen atoms in total. The molecular formula is C23H21F3N6O4. The van der Waals surface area contributed by atoms with E-state index in [1.807, 2.05) is 0 Å². The Morgan fingerprint density at radius 1 is 1.17 bits per heavy atom. The Labute approximate surface area is 202 Å². The fourth-order valence-electron chi connectivity index (χ4n) is 3.77. The minimum atomic E-state index is -4.55. The van der Waals surface area contributed by atoms with Gasteiger partial charge in [0.25, 0.3) is 0 Å². The minimum Gasteiger partial charge on any atom is -0.359 e. The highest BCUT2D eigenvalue weighted by Crippen LogP contribution is 2.33. The second-order valence-corrected chi connectivity index (χ2v) is 8.35. The molecule has 0 unspecified atom stereocenters. The van der Waals surface area contributed by atoms with Crippen LogP contribution in [0.2, 0.25) is 0 Å². The van der Waals surface area contributed by atoms with Crippen LogP contribution in [0.25, 0.3) is 0 Å². The van der Waals surface area contributed by atoms with E-state index in [0.29, 0.717) is 23.6 Å². The fourth-order valence-corrected chi connectivity index (χ4v) is 3.77. The first kappa shape index (κ1) is 24.8. The van der Waals surface area contributed by atoms with Gasteiger partial charge in [-0.2, -0.15) is 13.2 Å². The van der Waals surface area contributed by atoms with E-state index in [1.54, 1.807) is 6.92 Å². The summed E-state index contributed by atoms with van der Waals surface area (Å²) in [7, 11) is 0. The molecule has 13 heteroatoms. The molecule has 36 heavy (non-hydrogen) atoms. The Hall–Kier alpha value is -4.29. The van der Waals surface area contributed by atoms with Crippen LogP contribution in [0.4, 0.5) is 35.3 Å². The number of anilines is 3. The molecule has 2 aromatic heterocycles. The van der Waals surface area contributed by atoms with Crippen molar-refractivity contribution in [2.45, 2.75) is 45.2 Å². The molecule has 1 atom stereocenters. The molecule has 1 aromatic carbocycles. The molecular weight excluding hydrogens is 481 g/mol. The summed E-state index contributed by atoms with van der Waals surface area (Å²) in [4.78, 5) is 44.8. The average Bonchev–Trinajstić information content (AvgIpc) is 3.27. The predicted molar refractivity (Wildman–Crippen MR) is 122 cm³/mol. The van der Waals surface area contributed by atoms with Crippen LogP contribution in [0.1, 0.15) is 58.6 Å². The fraction of sp³-hybridized carbons (Fsp3) is 0.304. The van der Waals surface area contributed by atoms with Crippen LogP contribution in [-0.2, 0) is 17.4 Å². The number of alkyl halides is 3. The van der Waals surface area contributed by atoms with Gasteiger partial charge in [-0.25, -0.2) is 14.8 Å². The van der Waals surface area contributed by atoms with Crippen LogP contribution in [-0.4, -0.2) is 32.8 Å².